The van der Waals surface area contributed by atoms with Gasteiger partial charge in [-0.1, -0.05) is 20.8 Å². The maximum absolute atomic E-state index is 4.77. The van der Waals surface area contributed by atoms with Crippen LogP contribution in [0.25, 0.3) is 0 Å². The van der Waals surface area contributed by atoms with E-state index in [2.05, 4.69) is 55.9 Å². The summed E-state index contributed by atoms with van der Waals surface area (Å²) in [4.78, 5) is 9.16. The molecule has 1 unspecified atom stereocenters. The van der Waals surface area contributed by atoms with Crippen molar-refractivity contribution in [3.63, 3.8) is 0 Å². The topological polar surface area (TPSA) is 35.6 Å². The van der Waals surface area contributed by atoms with E-state index in [0.29, 0.717) is 11.8 Å². The summed E-state index contributed by atoms with van der Waals surface area (Å²) in [5.41, 5.74) is 3.84. The van der Waals surface area contributed by atoms with Gasteiger partial charge in [-0.25, -0.2) is 9.97 Å². The van der Waals surface area contributed by atoms with Crippen molar-refractivity contribution in [3.8, 4) is 0 Å². The molecule has 0 N–H and O–H groups in total. The molecule has 0 saturated heterocycles. The molecule has 2 aromatic rings. The first-order chi connectivity index (χ1) is 9.82. The lowest BCUT2D eigenvalue weighted by Gasteiger charge is -2.13. The van der Waals surface area contributed by atoms with E-state index in [1.165, 1.54) is 22.9 Å². The maximum Gasteiger partial charge on any atom is 0.108 e. The molecule has 0 bridgehead atoms. The van der Waals surface area contributed by atoms with Gasteiger partial charge in [0.2, 0.25) is 0 Å². The summed E-state index contributed by atoms with van der Waals surface area (Å²) in [5.74, 6) is 3.29. The van der Waals surface area contributed by atoms with E-state index in [4.69, 9.17) is 4.98 Å². The van der Waals surface area contributed by atoms with Crippen molar-refractivity contribution >= 4 is 0 Å². The molecular formula is C17H28N4. The Balaban J connectivity index is 2.10. The van der Waals surface area contributed by atoms with Crippen molar-refractivity contribution in [2.24, 2.45) is 14.1 Å². The first kappa shape index (κ1) is 15.8. The number of hydrogen-bond acceptors (Lipinski definition) is 2. The van der Waals surface area contributed by atoms with Crippen LogP contribution in [-0.2, 0) is 20.5 Å². The minimum Gasteiger partial charge on any atom is -0.335 e. The molecule has 0 aliphatic rings. The molecule has 4 heteroatoms. The Bertz CT molecular complexity index is 619. The van der Waals surface area contributed by atoms with Crippen molar-refractivity contribution in [1.29, 1.82) is 0 Å². The number of hydrogen-bond donors (Lipinski definition) is 0. The number of nitrogens with zero attached hydrogens (tertiary/aromatic N) is 4. The summed E-state index contributed by atoms with van der Waals surface area (Å²) < 4.78 is 4.47. The normalized spacial score (nSPS) is 13.1. The van der Waals surface area contributed by atoms with Crippen molar-refractivity contribution in [1.82, 2.24) is 19.1 Å². The first-order valence-corrected chi connectivity index (χ1v) is 7.83. The predicted octanol–water partition coefficient (Wildman–Crippen LogP) is 3.63. The van der Waals surface area contributed by atoms with Gasteiger partial charge in [-0.3, -0.25) is 0 Å². The average Bonchev–Trinajstić information content (AvgIpc) is 2.88. The molecule has 0 aliphatic heterocycles. The fourth-order valence-electron chi connectivity index (χ4n) is 3.21. The summed E-state index contributed by atoms with van der Waals surface area (Å²) in [6.45, 7) is 10.9. The minimum atomic E-state index is 0.496. The SMILES string of the molecule is Cc1nc(CCC(C)c2cnc(C)n2C)n(C)c1C(C)C. The van der Waals surface area contributed by atoms with Crippen LogP contribution >= 0.6 is 0 Å². The van der Waals surface area contributed by atoms with Gasteiger partial charge in [0, 0.05) is 38.1 Å². The number of aryl methyl sites for hydroxylation is 3. The van der Waals surface area contributed by atoms with Crippen LogP contribution in [0.1, 0.15) is 67.8 Å². The zero-order chi connectivity index (χ0) is 15.7. The average molecular weight is 288 g/mol. The Hall–Kier alpha value is -1.58. The molecule has 21 heavy (non-hydrogen) atoms. The Morgan fingerprint density at radius 1 is 1.10 bits per heavy atom. The number of aromatic nitrogens is 4. The van der Waals surface area contributed by atoms with E-state index in [0.717, 1.165) is 18.7 Å². The number of rotatable bonds is 5. The first-order valence-electron chi connectivity index (χ1n) is 7.83. The standard InChI is InChI=1S/C17H28N4/c1-11(2)17-13(4)19-16(21(17)7)9-8-12(3)15-10-18-14(5)20(15)6/h10-12H,8-9H2,1-7H3. The van der Waals surface area contributed by atoms with Crippen LogP contribution < -0.4 is 0 Å². The zero-order valence-corrected chi connectivity index (χ0v) is 14.4. The van der Waals surface area contributed by atoms with Crippen molar-refractivity contribution < 1.29 is 0 Å². The third-order valence-electron chi connectivity index (χ3n) is 4.53. The fourth-order valence-corrected chi connectivity index (χ4v) is 3.21. The van der Waals surface area contributed by atoms with E-state index in [1.807, 2.05) is 13.1 Å². The molecule has 116 valence electrons. The Labute approximate surface area is 128 Å². The molecule has 0 spiro atoms. The van der Waals surface area contributed by atoms with E-state index in [-0.39, 0.29) is 0 Å². The zero-order valence-electron chi connectivity index (χ0n) is 14.4. The number of imidazole rings is 2. The van der Waals surface area contributed by atoms with E-state index < -0.39 is 0 Å². The second kappa shape index (κ2) is 6.04. The molecule has 4 nitrogen and oxygen atoms in total. The van der Waals surface area contributed by atoms with Gasteiger partial charge in [-0.15, -0.1) is 0 Å². The molecule has 2 aromatic heterocycles. The lowest BCUT2D eigenvalue weighted by molar-refractivity contribution is 0.597. The highest BCUT2D eigenvalue weighted by Crippen LogP contribution is 2.24. The lowest BCUT2D eigenvalue weighted by atomic mass is 10.0. The smallest absolute Gasteiger partial charge is 0.108 e. The maximum atomic E-state index is 4.77. The summed E-state index contributed by atoms with van der Waals surface area (Å²) in [6.07, 6.45) is 4.11. The Morgan fingerprint density at radius 2 is 1.76 bits per heavy atom. The van der Waals surface area contributed by atoms with Crippen LogP contribution in [0.4, 0.5) is 0 Å². The van der Waals surface area contributed by atoms with Gasteiger partial charge in [0.25, 0.3) is 0 Å². The van der Waals surface area contributed by atoms with E-state index in [1.54, 1.807) is 0 Å². The van der Waals surface area contributed by atoms with Crippen LogP contribution in [0.2, 0.25) is 0 Å². The highest BCUT2D eigenvalue weighted by molar-refractivity contribution is 5.19. The van der Waals surface area contributed by atoms with Crippen molar-refractivity contribution in [2.75, 3.05) is 0 Å². The second-order valence-corrected chi connectivity index (χ2v) is 6.44. The molecular weight excluding hydrogens is 260 g/mol. The molecule has 1 atom stereocenters. The summed E-state index contributed by atoms with van der Waals surface area (Å²) in [6, 6.07) is 0. The second-order valence-electron chi connectivity index (χ2n) is 6.44. The fraction of sp³-hybridized carbons (Fsp3) is 0.647. The van der Waals surface area contributed by atoms with Gasteiger partial charge < -0.3 is 9.13 Å². The highest BCUT2D eigenvalue weighted by atomic mass is 15.1. The third-order valence-corrected chi connectivity index (χ3v) is 4.53. The predicted molar refractivity (Wildman–Crippen MR) is 86.7 cm³/mol. The third kappa shape index (κ3) is 3.04. The van der Waals surface area contributed by atoms with Crippen molar-refractivity contribution in [3.05, 3.63) is 34.9 Å². The quantitative estimate of drug-likeness (QED) is 0.842. The van der Waals surface area contributed by atoms with Gasteiger partial charge in [0.05, 0.1) is 5.69 Å². The lowest BCUT2D eigenvalue weighted by Crippen LogP contribution is -2.07. The van der Waals surface area contributed by atoms with Crippen LogP contribution in [0.15, 0.2) is 6.20 Å². The monoisotopic (exact) mass is 288 g/mol. The van der Waals surface area contributed by atoms with Crippen LogP contribution in [0.3, 0.4) is 0 Å². The van der Waals surface area contributed by atoms with E-state index >= 15 is 0 Å². The molecule has 2 heterocycles. The molecule has 0 aliphatic carbocycles. The summed E-state index contributed by atoms with van der Waals surface area (Å²) >= 11 is 0. The molecule has 0 radical (unpaired) electrons. The molecule has 0 aromatic carbocycles. The van der Waals surface area contributed by atoms with Gasteiger partial charge in [0.1, 0.15) is 11.6 Å². The summed E-state index contributed by atoms with van der Waals surface area (Å²) in [5, 5.41) is 0. The van der Waals surface area contributed by atoms with Gasteiger partial charge in [0.15, 0.2) is 0 Å². The van der Waals surface area contributed by atoms with Crippen LogP contribution in [0, 0.1) is 13.8 Å². The van der Waals surface area contributed by atoms with E-state index in [9.17, 15) is 0 Å². The summed E-state index contributed by atoms with van der Waals surface area (Å²) in [7, 11) is 4.24. The highest BCUT2D eigenvalue weighted by Gasteiger charge is 2.16. The van der Waals surface area contributed by atoms with Crippen molar-refractivity contribution in [2.45, 2.75) is 59.3 Å². The van der Waals surface area contributed by atoms with Gasteiger partial charge in [-0.05, 0) is 32.1 Å². The molecule has 0 amide bonds. The molecule has 2 rings (SSSR count). The minimum absolute atomic E-state index is 0.496. The van der Waals surface area contributed by atoms with Crippen LogP contribution in [-0.4, -0.2) is 19.1 Å². The van der Waals surface area contributed by atoms with Gasteiger partial charge in [-0.2, -0.15) is 0 Å². The van der Waals surface area contributed by atoms with Gasteiger partial charge >= 0.3 is 0 Å². The molecule has 0 fully saturated rings. The largest absolute Gasteiger partial charge is 0.335 e. The Kier molecular flexibility index (Phi) is 4.55. The molecule has 0 saturated carbocycles. The van der Waals surface area contributed by atoms with Crippen LogP contribution in [0.5, 0.6) is 0 Å². The Morgan fingerprint density at radius 3 is 2.24 bits per heavy atom.